The summed E-state index contributed by atoms with van der Waals surface area (Å²) < 4.78 is 12.9. The Balaban J connectivity index is 1.51. The Morgan fingerprint density at radius 1 is 1.12 bits per heavy atom. The van der Waals surface area contributed by atoms with Crippen LogP contribution < -0.4 is 0 Å². The van der Waals surface area contributed by atoms with E-state index in [-0.39, 0.29) is 11.7 Å². The third kappa shape index (κ3) is 4.97. The average Bonchev–Trinajstić information content (AvgIpc) is 2.89. The molecule has 0 bridgehead atoms. The highest BCUT2D eigenvalue weighted by molar-refractivity contribution is 5.93. The minimum Gasteiger partial charge on any atom is -0.337 e. The largest absolute Gasteiger partial charge is 0.337 e. The topological polar surface area (TPSA) is 36.4 Å². The zero-order chi connectivity index (χ0) is 17.5. The van der Waals surface area contributed by atoms with Crippen LogP contribution in [0.2, 0.25) is 0 Å². The maximum atomic E-state index is 12.9. The van der Waals surface area contributed by atoms with Crippen molar-refractivity contribution in [3.05, 3.63) is 71.8 Å². The first-order valence-electron chi connectivity index (χ1n) is 8.56. The van der Waals surface area contributed by atoms with E-state index in [1.54, 1.807) is 30.6 Å². The number of benzene rings is 1. The van der Waals surface area contributed by atoms with Crippen LogP contribution in [0.25, 0.3) is 6.08 Å². The lowest BCUT2D eigenvalue weighted by atomic mass is 10.2. The van der Waals surface area contributed by atoms with E-state index in [0.29, 0.717) is 5.56 Å². The second kappa shape index (κ2) is 8.53. The van der Waals surface area contributed by atoms with Crippen molar-refractivity contribution in [3.63, 3.8) is 0 Å². The van der Waals surface area contributed by atoms with Gasteiger partial charge in [0, 0.05) is 45.1 Å². The van der Waals surface area contributed by atoms with Gasteiger partial charge in [-0.15, -0.1) is 0 Å². The Labute approximate surface area is 147 Å². The second-order valence-electron chi connectivity index (χ2n) is 6.14. The van der Waals surface area contributed by atoms with E-state index in [1.165, 1.54) is 12.1 Å². The van der Waals surface area contributed by atoms with E-state index < -0.39 is 0 Å². The van der Waals surface area contributed by atoms with Crippen molar-refractivity contribution in [2.24, 2.45) is 0 Å². The van der Waals surface area contributed by atoms with Gasteiger partial charge >= 0.3 is 0 Å². The smallest absolute Gasteiger partial charge is 0.255 e. The van der Waals surface area contributed by atoms with E-state index in [2.05, 4.69) is 16.0 Å². The van der Waals surface area contributed by atoms with Gasteiger partial charge in [0.05, 0.1) is 5.56 Å². The fourth-order valence-corrected chi connectivity index (χ4v) is 2.94. The standard InChI is InChI=1S/C20H22FN3O/c21-19-8-6-17(7-9-19)4-2-11-23-12-3-13-24(15-14-23)20(25)18-5-1-10-22-16-18/h1-2,4-10,16H,3,11-15H2/b4-2+. The summed E-state index contributed by atoms with van der Waals surface area (Å²) in [6.07, 6.45) is 8.34. The Morgan fingerprint density at radius 2 is 1.96 bits per heavy atom. The molecule has 0 radical (unpaired) electrons. The number of hydrogen-bond donors (Lipinski definition) is 0. The highest BCUT2D eigenvalue weighted by Gasteiger charge is 2.19. The molecule has 0 N–H and O–H groups in total. The van der Waals surface area contributed by atoms with Gasteiger partial charge in [-0.2, -0.15) is 0 Å². The highest BCUT2D eigenvalue weighted by Crippen LogP contribution is 2.09. The molecule has 2 aromatic rings. The van der Waals surface area contributed by atoms with Gasteiger partial charge < -0.3 is 4.90 Å². The molecule has 0 atom stereocenters. The molecule has 1 aliphatic rings. The molecule has 0 saturated carbocycles. The van der Waals surface area contributed by atoms with E-state index in [4.69, 9.17) is 0 Å². The number of nitrogens with zero attached hydrogens (tertiary/aromatic N) is 3. The second-order valence-corrected chi connectivity index (χ2v) is 6.14. The lowest BCUT2D eigenvalue weighted by Crippen LogP contribution is -2.35. The molecular formula is C20H22FN3O. The minimum atomic E-state index is -0.219. The van der Waals surface area contributed by atoms with Crippen molar-refractivity contribution in [1.29, 1.82) is 0 Å². The van der Waals surface area contributed by atoms with Crippen LogP contribution in [0.1, 0.15) is 22.3 Å². The summed E-state index contributed by atoms with van der Waals surface area (Å²) in [6.45, 7) is 4.13. The fourth-order valence-electron chi connectivity index (χ4n) is 2.94. The van der Waals surface area contributed by atoms with Gasteiger partial charge in [0.1, 0.15) is 5.82 Å². The molecule has 0 spiro atoms. The summed E-state index contributed by atoms with van der Waals surface area (Å²) in [5, 5.41) is 0. The van der Waals surface area contributed by atoms with Gasteiger partial charge in [0.15, 0.2) is 0 Å². The zero-order valence-electron chi connectivity index (χ0n) is 14.1. The van der Waals surface area contributed by atoms with E-state index in [0.717, 1.165) is 44.7 Å². The molecule has 1 aromatic heterocycles. The normalized spacial score (nSPS) is 16.1. The molecular weight excluding hydrogens is 317 g/mol. The monoisotopic (exact) mass is 339 g/mol. The first-order chi connectivity index (χ1) is 12.2. The van der Waals surface area contributed by atoms with Crippen LogP contribution in [0.15, 0.2) is 54.9 Å². The Hall–Kier alpha value is -2.53. The van der Waals surface area contributed by atoms with Crippen molar-refractivity contribution >= 4 is 12.0 Å². The summed E-state index contributed by atoms with van der Waals surface area (Å²) >= 11 is 0. The Kier molecular flexibility index (Phi) is 5.90. The van der Waals surface area contributed by atoms with Gasteiger partial charge in [-0.3, -0.25) is 14.7 Å². The number of aromatic nitrogens is 1. The minimum absolute atomic E-state index is 0.0526. The molecule has 25 heavy (non-hydrogen) atoms. The Bertz CT molecular complexity index is 715. The van der Waals surface area contributed by atoms with Crippen LogP contribution in [-0.2, 0) is 0 Å². The van der Waals surface area contributed by atoms with Crippen LogP contribution in [0.4, 0.5) is 4.39 Å². The highest BCUT2D eigenvalue weighted by atomic mass is 19.1. The lowest BCUT2D eigenvalue weighted by molar-refractivity contribution is 0.0761. The summed E-state index contributed by atoms with van der Waals surface area (Å²) in [6, 6.07) is 10.1. The summed E-state index contributed by atoms with van der Waals surface area (Å²) in [7, 11) is 0. The number of hydrogen-bond acceptors (Lipinski definition) is 3. The molecule has 1 aliphatic heterocycles. The number of carbonyl (C=O) groups excluding carboxylic acids is 1. The molecule has 0 unspecified atom stereocenters. The number of amides is 1. The van der Waals surface area contributed by atoms with Gasteiger partial charge in [-0.05, 0) is 36.2 Å². The number of pyridine rings is 1. The maximum absolute atomic E-state index is 12.9. The molecule has 130 valence electrons. The van der Waals surface area contributed by atoms with E-state index in [1.807, 2.05) is 17.0 Å². The molecule has 4 nitrogen and oxygen atoms in total. The third-order valence-electron chi connectivity index (χ3n) is 4.33. The number of carbonyl (C=O) groups is 1. The molecule has 1 fully saturated rings. The number of rotatable bonds is 4. The summed E-state index contributed by atoms with van der Waals surface area (Å²) in [5.41, 5.74) is 1.64. The van der Waals surface area contributed by atoms with E-state index in [9.17, 15) is 9.18 Å². The average molecular weight is 339 g/mol. The predicted molar refractivity (Wildman–Crippen MR) is 96.6 cm³/mol. The van der Waals surface area contributed by atoms with Crippen LogP contribution >= 0.6 is 0 Å². The van der Waals surface area contributed by atoms with Crippen molar-refractivity contribution in [2.75, 3.05) is 32.7 Å². The Morgan fingerprint density at radius 3 is 2.72 bits per heavy atom. The zero-order valence-corrected chi connectivity index (χ0v) is 14.1. The molecule has 1 amide bonds. The summed E-state index contributed by atoms with van der Waals surface area (Å²) in [4.78, 5) is 20.8. The van der Waals surface area contributed by atoms with Gasteiger partial charge in [0.2, 0.25) is 0 Å². The molecule has 2 heterocycles. The van der Waals surface area contributed by atoms with E-state index >= 15 is 0 Å². The van der Waals surface area contributed by atoms with Gasteiger partial charge in [-0.1, -0.05) is 24.3 Å². The SMILES string of the molecule is O=C(c1cccnc1)N1CCCN(C/C=C/c2ccc(F)cc2)CC1. The molecule has 0 aliphatic carbocycles. The van der Waals surface area contributed by atoms with Crippen molar-refractivity contribution in [3.8, 4) is 0 Å². The molecule has 3 rings (SSSR count). The van der Waals surface area contributed by atoms with Crippen molar-refractivity contribution < 1.29 is 9.18 Å². The van der Waals surface area contributed by atoms with Gasteiger partial charge in [-0.25, -0.2) is 4.39 Å². The van der Waals surface area contributed by atoms with Crippen LogP contribution in [0.5, 0.6) is 0 Å². The summed E-state index contributed by atoms with van der Waals surface area (Å²) in [5.74, 6) is -0.167. The first-order valence-corrected chi connectivity index (χ1v) is 8.56. The number of halogens is 1. The van der Waals surface area contributed by atoms with Crippen molar-refractivity contribution in [1.82, 2.24) is 14.8 Å². The van der Waals surface area contributed by atoms with Crippen LogP contribution in [-0.4, -0.2) is 53.4 Å². The molecule has 5 heteroatoms. The van der Waals surface area contributed by atoms with Crippen LogP contribution in [0.3, 0.4) is 0 Å². The van der Waals surface area contributed by atoms with Gasteiger partial charge in [0.25, 0.3) is 5.91 Å². The first kappa shape index (κ1) is 17.3. The maximum Gasteiger partial charge on any atom is 0.255 e. The van der Waals surface area contributed by atoms with Crippen LogP contribution in [0, 0.1) is 5.82 Å². The molecule has 1 saturated heterocycles. The molecule has 1 aromatic carbocycles. The quantitative estimate of drug-likeness (QED) is 0.859. The fraction of sp³-hybridized carbons (Fsp3) is 0.300. The predicted octanol–water partition coefficient (Wildman–Crippen LogP) is 3.08. The third-order valence-corrected chi connectivity index (χ3v) is 4.33. The lowest BCUT2D eigenvalue weighted by Gasteiger charge is -2.21. The van der Waals surface area contributed by atoms with Crippen molar-refractivity contribution in [2.45, 2.75) is 6.42 Å².